The van der Waals surface area contributed by atoms with E-state index in [1.54, 1.807) is 0 Å². The maximum atomic E-state index is 10.6. The number of hydrogen-bond donors (Lipinski definition) is 1. The van der Waals surface area contributed by atoms with Crippen molar-refractivity contribution in [2.75, 3.05) is 0 Å². The third kappa shape index (κ3) is 12.5. The number of aliphatic carboxylic acids is 1. The quantitative estimate of drug-likeness (QED) is 0.659. The van der Waals surface area contributed by atoms with Crippen LogP contribution in [-0.4, -0.2) is 17.3 Å². The van der Waals surface area contributed by atoms with Crippen LogP contribution in [-0.2, 0) is 4.79 Å². The molecular weight excluding hydrogens is 161 g/mol. The summed E-state index contributed by atoms with van der Waals surface area (Å²) in [6.45, 7) is 4.36. The van der Waals surface area contributed by atoms with Crippen molar-refractivity contribution < 1.29 is 23.1 Å². The van der Waals surface area contributed by atoms with Gasteiger partial charge in [-0.3, -0.25) is 0 Å². The van der Waals surface area contributed by atoms with Crippen LogP contribution in [0.2, 0.25) is 0 Å². The molecule has 0 aliphatic carbocycles. The maximum Gasteiger partial charge on any atom is 0.490 e. The molecule has 0 aliphatic heterocycles. The van der Waals surface area contributed by atoms with Gasteiger partial charge >= 0.3 is 12.1 Å². The van der Waals surface area contributed by atoms with E-state index in [9.17, 15) is 13.2 Å². The van der Waals surface area contributed by atoms with Gasteiger partial charge in [0.15, 0.2) is 0 Å². The molecule has 5 heteroatoms. The van der Waals surface area contributed by atoms with E-state index >= 15 is 0 Å². The first-order chi connectivity index (χ1) is 4.86. The maximum absolute atomic E-state index is 10.6. The molecule has 0 atom stereocenters. The number of carboxylic acid groups (broad SMARTS) is 1. The van der Waals surface area contributed by atoms with E-state index in [2.05, 4.69) is 13.8 Å². The lowest BCUT2D eigenvalue weighted by molar-refractivity contribution is -0.192. The number of carboxylic acids is 1. The predicted molar refractivity (Wildman–Crippen MR) is 34.3 cm³/mol. The Hall–Kier alpha value is -0.740. The van der Waals surface area contributed by atoms with Crippen LogP contribution in [0.25, 0.3) is 0 Å². The predicted octanol–water partition coefficient (Wildman–Crippen LogP) is 2.44. The summed E-state index contributed by atoms with van der Waals surface area (Å²) in [6.07, 6.45) is -2.44. The molecule has 0 spiro atoms. The van der Waals surface area contributed by atoms with Crippen LogP contribution in [0.15, 0.2) is 0 Å². The normalized spacial score (nSPS) is 9.91. The summed E-state index contributed by atoms with van der Waals surface area (Å²) >= 11 is 0. The van der Waals surface area contributed by atoms with Crippen LogP contribution in [0.5, 0.6) is 0 Å². The van der Waals surface area contributed by atoms with Crippen molar-refractivity contribution in [1.29, 1.82) is 0 Å². The fourth-order valence-electron chi connectivity index (χ4n) is 0. The summed E-state index contributed by atoms with van der Waals surface area (Å²) in [5.74, 6) is -2.76. The van der Waals surface area contributed by atoms with Crippen molar-refractivity contribution in [3.63, 3.8) is 0 Å². The molecule has 0 aromatic carbocycles. The first kappa shape index (κ1) is 12.9. The van der Waals surface area contributed by atoms with Crippen LogP contribution in [0.3, 0.4) is 0 Å². The Morgan fingerprint density at radius 1 is 1.27 bits per heavy atom. The van der Waals surface area contributed by atoms with E-state index in [1.807, 2.05) is 0 Å². The molecule has 0 fully saturated rings. The molecule has 0 aromatic rings. The Labute approximate surface area is 63.0 Å². The first-order valence-corrected chi connectivity index (χ1v) is 3.16. The summed E-state index contributed by atoms with van der Waals surface area (Å²) in [5, 5.41) is 7.12. The lowest BCUT2D eigenvalue weighted by atomic mass is 10.4. The van der Waals surface area contributed by atoms with Gasteiger partial charge in [-0.25, -0.2) is 4.79 Å². The Morgan fingerprint density at radius 2 is 1.45 bits per heavy atom. The van der Waals surface area contributed by atoms with Crippen molar-refractivity contribution in [3.8, 4) is 0 Å². The Kier molecular flexibility index (Phi) is 7.04. The van der Waals surface area contributed by atoms with Gasteiger partial charge in [-0.15, -0.1) is 0 Å². The molecule has 11 heavy (non-hydrogen) atoms. The van der Waals surface area contributed by atoms with Gasteiger partial charge in [-0.1, -0.05) is 26.7 Å². The number of rotatable bonds is 1. The van der Waals surface area contributed by atoms with E-state index < -0.39 is 12.1 Å². The average Bonchev–Trinajstić information content (AvgIpc) is 1.87. The van der Waals surface area contributed by atoms with Crippen LogP contribution in [0.4, 0.5) is 13.2 Å². The molecule has 0 saturated carbocycles. The molecule has 0 rings (SSSR count). The smallest absolute Gasteiger partial charge is 0.475 e. The summed E-state index contributed by atoms with van der Waals surface area (Å²) in [5.41, 5.74) is 0. The highest BCUT2D eigenvalue weighted by Crippen LogP contribution is 2.13. The Morgan fingerprint density at radius 3 is 1.45 bits per heavy atom. The van der Waals surface area contributed by atoms with Crippen LogP contribution in [0.1, 0.15) is 26.7 Å². The zero-order chi connectivity index (χ0) is 9.49. The summed E-state index contributed by atoms with van der Waals surface area (Å²) in [4.78, 5) is 8.90. The van der Waals surface area contributed by atoms with E-state index in [1.165, 1.54) is 12.8 Å². The molecule has 0 amide bonds. The van der Waals surface area contributed by atoms with Gasteiger partial charge in [0.1, 0.15) is 0 Å². The summed E-state index contributed by atoms with van der Waals surface area (Å²) in [7, 11) is 0. The highest BCUT2D eigenvalue weighted by Gasteiger charge is 2.38. The number of unbranched alkanes of at least 4 members (excludes halogenated alkanes) is 1. The molecule has 0 aliphatic rings. The molecule has 0 radical (unpaired) electrons. The Balaban J connectivity index is 0. The van der Waals surface area contributed by atoms with Gasteiger partial charge in [0, 0.05) is 0 Å². The van der Waals surface area contributed by atoms with Crippen molar-refractivity contribution in [2.24, 2.45) is 0 Å². The van der Waals surface area contributed by atoms with Gasteiger partial charge in [0.05, 0.1) is 0 Å². The van der Waals surface area contributed by atoms with Crippen molar-refractivity contribution in [1.82, 2.24) is 0 Å². The first-order valence-electron chi connectivity index (χ1n) is 3.16. The lowest BCUT2D eigenvalue weighted by Crippen LogP contribution is -2.21. The Bertz CT molecular complexity index is 107. The minimum atomic E-state index is -5.08. The summed E-state index contributed by atoms with van der Waals surface area (Å²) < 4.78 is 31.7. The second kappa shape index (κ2) is 6.00. The molecular formula is C6H11F3O2. The van der Waals surface area contributed by atoms with Gasteiger partial charge < -0.3 is 5.11 Å². The van der Waals surface area contributed by atoms with E-state index in [0.717, 1.165) is 0 Å². The monoisotopic (exact) mass is 172 g/mol. The van der Waals surface area contributed by atoms with Gasteiger partial charge in [-0.2, -0.15) is 13.2 Å². The lowest BCUT2D eigenvalue weighted by Gasteiger charge is -1.93. The van der Waals surface area contributed by atoms with Gasteiger partial charge in [0.25, 0.3) is 0 Å². The largest absolute Gasteiger partial charge is 0.490 e. The number of alkyl halides is 3. The van der Waals surface area contributed by atoms with Crippen LogP contribution in [0, 0.1) is 0 Å². The SMILES string of the molecule is CCCC.O=C(O)C(F)(F)F. The van der Waals surface area contributed by atoms with Crippen LogP contribution < -0.4 is 0 Å². The second-order valence-electron chi connectivity index (χ2n) is 1.80. The highest BCUT2D eigenvalue weighted by atomic mass is 19.4. The third-order valence-electron chi connectivity index (χ3n) is 0.743. The average molecular weight is 172 g/mol. The number of hydrogen-bond acceptors (Lipinski definition) is 1. The van der Waals surface area contributed by atoms with Gasteiger partial charge in [-0.05, 0) is 0 Å². The number of halogens is 3. The topological polar surface area (TPSA) is 37.3 Å². The van der Waals surface area contributed by atoms with Crippen molar-refractivity contribution in [3.05, 3.63) is 0 Å². The van der Waals surface area contributed by atoms with Gasteiger partial charge in [0.2, 0.25) is 0 Å². The standard InChI is InChI=1S/C4H10.C2HF3O2/c1-3-4-2;3-2(4,5)1(6)7/h3-4H2,1-2H3;(H,6,7). The van der Waals surface area contributed by atoms with E-state index in [0.29, 0.717) is 0 Å². The molecule has 0 aromatic heterocycles. The second-order valence-corrected chi connectivity index (χ2v) is 1.80. The van der Waals surface area contributed by atoms with Crippen molar-refractivity contribution in [2.45, 2.75) is 32.9 Å². The molecule has 0 unspecified atom stereocenters. The third-order valence-corrected chi connectivity index (χ3v) is 0.743. The minimum Gasteiger partial charge on any atom is -0.475 e. The number of carbonyl (C=O) groups is 1. The molecule has 68 valence electrons. The summed E-state index contributed by atoms with van der Waals surface area (Å²) in [6, 6.07) is 0. The molecule has 0 saturated heterocycles. The van der Waals surface area contributed by atoms with E-state index in [4.69, 9.17) is 9.90 Å². The molecule has 0 heterocycles. The van der Waals surface area contributed by atoms with Crippen molar-refractivity contribution >= 4 is 5.97 Å². The zero-order valence-electron chi connectivity index (χ0n) is 6.40. The highest BCUT2D eigenvalue weighted by molar-refractivity contribution is 5.73. The zero-order valence-corrected chi connectivity index (χ0v) is 6.40. The fourth-order valence-corrected chi connectivity index (χ4v) is 0. The molecule has 1 N–H and O–H groups in total. The van der Waals surface area contributed by atoms with Crippen LogP contribution >= 0.6 is 0 Å². The minimum absolute atomic E-state index is 1.32. The molecule has 2 nitrogen and oxygen atoms in total. The molecule has 0 bridgehead atoms. The fraction of sp³-hybridized carbons (Fsp3) is 0.833. The van der Waals surface area contributed by atoms with E-state index in [-0.39, 0.29) is 0 Å².